The van der Waals surface area contributed by atoms with Crippen LogP contribution in [-0.2, 0) is 4.74 Å². The summed E-state index contributed by atoms with van der Waals surface area (Å²) in [6, 6.07) is -0.288. The number of ether oxygens (including phenoxy) is 1. The Labute approximate surface area is 47.8 Å². The Balaban J connectivity index is 2.28. The molecule has 1 aliphatic rings. The lowest BCUT2D eigenvalue weighted by molar-refractivity contribution is 0.0238. The minimum atomic E-state index is -0.941. The second-order valence-corrected chi connectivity index (χ2v) is 2.04. The van der Waals surface area contributed by atoms with E-state index in [9.17, 15) is 4.39 Å². The Morgan fingerprint density at radius 2 is 2.38 bits per heavy atom. The maximum absolute atomic E-state index is 12.3. The number of rotatable bonds is 0. The fraction of sp³-hybridized carbons (Fsp3) is 1.00. The van der Waals surface area contributed by atoms with Crippen molar-refractivity contribution in [2.24, 2.45) is 5.73 Å². The molecule has 1 rings (SSSR count). The molecular weight excluding hydrogens is 109 g/mol. The highest BCUT2D eigenvalue weighted by Gasteiger charge is 2.20. The van der Waals surface area contributed by atoms with Crippen LogP contribution in [0.15, 0.2) is 0 Å². The summed E-state index contributed by atoms with van der Waals surface area (Å²) in [4.78, 5) is 0. The number of nitrogens with two attached hydrogens (primary N) is 1. The zero-order chi connectivity index (χ0) is 5.98. The van der Waals surface area contributed by atoms with Crippen LogP contribution >= 0.6 is 0 Å². The third kappa shape index (κ3) is 1.17. The van der Waals surface area contributed by atoms with Crippen molar-refractivity contribution in [2.45, 2.75) is 18.6 Å². The monoisotopic (exact) mass is 119 g/mol. The molecule has 0 spiro atoms. The van der Waals surface area contributed by atoms with E-state index in [1.807, 2.05) is 0 Å². The molecular formula is C5H10FNO. The van der Waals surface area contributed by atoms with Crippen LogP contribution in [0.1, 0.15) is 6.42 Å². The Morgan fingerprint density at radius 3 is 2.75 bits per heavy atom. The highest BCUT2D eigenvalue weighted by Crippen LogP contribution is 2.07. The maximum atomic E-state index is 12.3. The maximum Gasteiger partial charge on any atom is 0.138 e. The summed E-state index contributed by atoms with van der Waals surface area (Å²) in [5.41, 5.74) is 5.32. The van der Waals surface area contributed by atoms with Crippen LogP contribution in [0.2, 0.25) is 0 Å². The summed E-state index contributed by atoms with van der Waals surface area (Å²) < 4.78 is 17.1. The zero-order valence-corrected chi connectivity index (χ0v) is 4.64. The van der Waals surface area contributed by atoms with Crippen molar-refractivity contribution in [1.29, 1.82) is 0 Å². The largest absolute Gasteiger partial charge is 0.378 e. The van der Waals surface area contributed by atoms with Gasteiger partial charge >= 0.3 is 0 Å². The molecule has 2 N–H and O–H groups in total. The molecule has 8 heavy (non-hydrogen) atoms. The van der Waals surface area contributed by atoms with Gasteiger partial charge < -0.3 is 10.5 Å². The topological polar surface area (TPSA) is 35.2 Å². The van der Waals surface area contributed by atoms with Gasteiger partial charge in [-0.25, -0.2) is 4.39 Å². The highest BCUT2D eigenvalue weighted by molar-refractivity contribution is 4.74. The first-order valence-corrected chi connectivity index (χ1v) is 2.78. The van der Waals surface area contributed by atoms with Crippen LogP contribution in [0.4, 0.5) is 4.39 Å². The zero-order valence-electron chi connectivity index (χ0n) is 4.64. The Morgan fingerprint density at radius 1 is 1.62 bits per heavy atom. The van der Waals surface area contributed by atoms with Gasteiger partial charge in [0.1, 0.15) is 6.17 Å². The van der Waals surface area contributed by atoms with Crippen molar-refractivity contribution in [2.75, 3.05) is 13.2 Å². The molecule has 1 saturated heterocycles. The molecule has 2 nitrogen and oxygen atoms in total. The van der Waals surface area contributed by atoms with Crippen LogP contribution in [-0.4, -0.2) is 25.4 Å². The van der Waals surface area contributed by atoms with E-state index in [2.05, 4.69) is 0 Å². The molecule has 48 valence electrons. The first kappa shape index (κ1) is 5.98. The molecule has 0 saturated carbocycles. The van der Waals surface area contributed by atoms with E-state index in [-0.39, 0.29) is 12.6 Å². The standard InChI is InChI=1S/C5H10FNO/c6-4-3-8-2-1-5(4)7/h4-5H,1-3,7H2/t4-,5?/m1/s1. The Kier molecular flexibility index (Phi) is 1.81. The van der Waals surface area contributed by atoms with Gasteiger partial charge in [0.2, 0.25) is 0 Å². The van der Waals surface area contributed by atoms with Gasteiger partial charge in [0.15, 0.2) is 0 Å². The van der Waals surface area contributed by atoms with E-state index in [0.29, 0.717) is 13.0 Å². The number of hydrogen-bond donors (Lipinski definition) is 1. The van der Waals surface area contributed by atoms with E-state index >= 15 is 0 Å². The molecule has 1 heterocycles. The molecule has 0 bridgehead atoms. The summed E-state index contributed by atoms with van der Waals surface area (Å²) in [5, 5.41) is 0. The molecule has 0 aromatic heterocycles. The normalized spacial score (nSPS) is 39.8. The molecule has 0 aromatic carbocycles. The second kappa shape index (κ2) is 2.42. The molecule has 1 aliphatic heterocycles. The fourth-order valence-corrected chi connectivity index (χ4v) is 0.720. The van der Waals surface area contributed by atoms with E-state index in [1.54, 1.807) is 0 Å². The molecule has 2 atom stereocenters. The van der Waals surface area contributed by atoms with E-state index in [0.717, 1.165) is 0 Å². The lowest BCUT2D eigenvalue weighted by atomic mass is 10.1. The van der Waals surface area contributed by atoms with Crippen molar-refractivity contribution < 1.29 is 9.13 Å². The van der Waals surface area contributed by atoms with Crippen LogP contribution in [0, 0.1) is 0 Å². The second-order valence-electron chi connectivity index (χ2n) is 2.04. The Bertz CT molecular complexity index is 68.8. The van der Waals surface area contributed by atoms with Crippen LogP contribution in [0.3, 0.4) is 0 Å². The van der Waals surface area contributed by atoms with Gasteiger partial charge in [0, 0.05) is 12.6 Å². The fourth-order valence-electron chi connectivity index (χ4n) is 0.720. The van der Waals surface area contributed by atoms with Gasteiger partial charge in [-0.1, -0.05) is 0 Å². The van der Waals surface area contributed by atoms with E-state index in [1.165, 1.54) is 0 Å². The number of alkyl halides is 1. The SMILES string of the molecule is NC1CCOC[C@H]1F. The summed E-state index contributed by atoms with van der Waals surface area (Å²) in [7, 11) is 0. The number of halogens is 1. The average Bonchev–Trinajstić information content (AvgIpc) is 1.77. The van der Waals surface area contributed by atoms with E-state index in [4.69, 9.17) is 10.5 Å². The van der Waals surface area contributed by atoms with Gasteiger partial charge in [-0.15, -0.1) is 0 Å². The molecule has 0 radical (unpaired) electrons. The van der Waals surface area contributed by atoms with Gasteiger partial charge in [-0.05, 0) is 6.42 Å². The minimum Gasteiger partial charge on any atom is -0.378 e. The quantitative estimate of drug-likeness (QED) is 0.490. The molecule has 0 amide bonds. The molecule has 0 aliphatic carbocycles. The smallest absolute Gasteiger partial charge is 0.138 e. The Hall–Kier alpha value is -0.150. The van der Waals surface area contributed by atoms with Crippen LogP contribution in [0.25, 0.3) is 0 Å². The van der Waals surface area contributed by atoms with Crippen molar-refractivity contribution in [3.05, 3.63) is 0 Å². The van der Waals surface area contributed by atoms with Gasteiger partial charge in [0.25, 0.3) is 0 Å². The van der Waals surface area contributed by atoms with Crippen molar-refractivity contribution in [3.63, 3.8) is 0 Å². The average molecular weight is 119 g/mol. The lowest BCUT2D eigenvalue weighted by Gasteiger charge is -2.21. The highest BCUT2D eigenvalue weighted by atomic mass is 19.1. The van der Waals surface area contributed by atoms with Crippen molar-refractivity contribution >= 4 is 0 Å². The molecule has 0 aromatic rings. The molecule has 1 unspecified atom stereocenters. The third-order valence-corrected chi connectivity index (χ3v) is 1.34. The molecule has 3 heteroatoms. The first-order chi connectivity index (χ1) is 3.80. The predicted molar refractivity (Wildman–Crippen MR) is 28.3 cm³/mol. The predicted octanol–water partition coefficient (Wildman–Crippen LogP) is 0.0721. The van der Waals surface area contributed by atoms with E-state index < -0.39 is 6.17 Å². The summed E-state index contributed by atoms with van der Waals surface area (Å²) >= 11 is 0. The van der Waals surface area contributed by atoms with Gasteiger partial charge in [-0.2, -0.15) is 0 Å². The lowest BCUT2D eigenvalue weighted by Crippen LogP contribution is -2.39. The third-order valence-electron chi connectivity index (χ3n) is 1.34. The van der Waals surface area contributed by atoms with Crippen molar-refractivity contribution in [3.8, 4) is 0 Å². The molecule has 1 fully saturated rings. The van der Waals surface area contributed by atoms with Gasteiger partial charge in [0.05, 0.1) is 6.61 Å². The van der Waals surface area contributed by atoms with Crippen molar-refractivity contribution in [1.82, 2.24) is 0 Å². The van der Waals surface area contributed by atoms with Crippen LogP contribution < -0.4 is 5.73 Å². The first-order valence-electron chi connectivity index (χ1n) is 2.78. The summed E-state index contributed by atoms with van der Waals surface area (Å²) in [5.74, 6) is 0. The van der Waals surface area contributed by atoms with Gasteiger partial charge in [-0.3, -0.25) is 0 Å². The minimum absolute atomic E-state index is 0.182. The summed E-state index contributed by atoms with van der Waals surface area (Å²) in [6.45, 7) is 0.794. The summed E-state index contributed by atoms with van der Waals surface area (Å²) in [6.07, 6.45) is -0.287. The number of hydrogen-bond acceptors (Lipinski definition) is 2. The van der Waals surface area contributed by atoms with Crippen LogP contribution in [0.5, 0.6) is 0 Å².